The minimum absolute atomic E-state index is 0.113. The minimum Gasteiger partial charge on any atom is -0.492 e. The molecule has 1 saturated heterocycles. The van der Waals surface area contributed by atoms with Crippen LogP contribution in [0.15, 0.2) is 17.1 Å². The van der Waals surface area contributed by atoms with E-state index in [1.54, 1.807) is 0 Å². The zero-order valence-electron chi connectivity index (χ0n) is 16.5. The predicted octanol–water partition coefficient (Wildman–Crippen LogP) is 2.45. The molecule has 1 aliphatic heterocycles. The maximum Gasteiger partial charge on any atom is 0.341 e. The molecule has 4 atom stereocenters. The second kappa shape index (κ2) is 6.41. The van der Waals surface area contributed by atoms with E-state index in [1.807, 2.05) is 4.90 Å². The zero-order chi connectivity index (χ0) is 21.4. The molecule has 0 radical (unpaired) electrons. The van der Waals surface area contributed by atoms with Crippen LogP contribution in [-0.4, -0.2) is 47.6 Å². The lowest BCUT2D eigenvalue weighted by molar-refractivity contribution is 0.0694. The summed E-state index contributed by atoms with van der Waals surface area (Å²) >= 11 is 0. The quantitative estimate of drug-likeness (QED) is 0.790. The molecule has 2 aliphatic carbocycles. The van der Waals surface area contributed by atoms with Crippen LogP contribution < -0.4 is 20.8 Å². The van der Waals surface area contributed by atoms with Crippen molar-refractivity contribution >= 4 is 22.6 Å². The third kappa shape index (κ3) is 2.64. The standard InChI is InChI=1S/C21H23F2N3O4/c1-30-19-16-11(18(27)12(20(28)29)8-26(16)15-6-13(15)22)5-14(23)17(19)25-7-10-3-2-4-21(10,24)9-25/h5,8,10,13,15H,2-4,6-7,9,24H2,1H3,(H,28,29)/t10-,13+,15-,21-/m1/s1. The first-order valence-corrected chi connectivity index (χ1v) is 10.1. The minimum atomic E-state index is -1.44. The molecule has 2 saturated carbocycles. The van der Waals surface area contributed by atoms with Crippen molar-refractivity contribution in [2.24, 2.45) is 11.7 Å². The van der Waals surface area contributed by atoms with E-state index in [2.05, 4.69) is 0 Å². The Balaban J connectivity index is 1.76. The average molecular weight is 419 g/mol. The molecular formula is C21H23F2N3O4. The number of nitrogens with zero attached hydrogens (tertiary/aromatic N) is 2. The fourth-order valence-corrected chi connectivity index (χ4v) is 5.29. The van der Waals surface area contributed by atoms with Crippen molar-refractivity contribution < 1.29 is 23.4 Å². The maximum atomic E-state index is 15.3. The van der Waals surface area contributed by atoms with Gasteiger partial charge in [-0.2, -0.15) is 0 Å². The predicted molar refractivity (Wildman–Crippen MR) is 107 cm³/mol. The largest absolute Gasteiger partial charge is 0.492 e. The Kier molecular flexibility index (Phi) is 4.12. The number of pyridine rings is 1. The number of aromatic carboxylic acids is 1. The van der Waals surface area contributed by atoms with E-state index in [0.29, 0.717) is 13.1 Å². The van der Waals surface area contributed by atoms with Gasteiger partial charge in [-0.05, 0) is 24.8 Å². The summed E-state index contributed by atoms with van der Waals surface area (Å²) in [5.41, 5.74) is 5.24. The molecule has 1 aromatic heterocycles. The van der Waals surface area contributed by atoms with Crippen LogP contribution in [0.25, 0.3) is 10.9 Å². The first-order valence-electron chi connectivity index (χ1n) is 10.1. The van der Waals surface area contributed by atoms with Gasteiger partial charge in [-0.15, -0.1) is 0 Å². The number of aromatic nitrogens is 1. The number of methoxy groups -OCH3 is 1. The molecule has 9 heteroatoms. The van der Waals surface area contributed by atoms with Gasteiger partial charge < -0.3 is 25.0 Å². The molecule has 0 bridgehead atoms. The monoisotopic (exact) mass is 419 g/mol. The molecule has 0 spiro atoms. The van der Waals surface area contributed by atoms with Gasteiger partial charge >= 0.3 is 5.97 Å². The fourth-order valence-electron chi connectivity index (χ4n) is 5.29. The second-order valence-corrected chi connectivity index (χ2v) is 8.74. The van der Waals surface area contributed by atoms with Crippen molar-refractivity contribution in [3.05, 3.63) is 33.9 Å². The van der Waals surface area contributed by atoms with Crippen LogP contribution in [0.2, 0.25) is 0 Å². The first kappa shape index (κ1) is 19.3. The van der Waals surface area contributed by atoms with E-state index in [1.165, 1.54) is 11.7 Å². The molecule has 2 heterocycles. The van der Waals surface area contributed by atoms with Crippen LogP contribution in [0, 0.1) is 11.7 Å². The summed E-state index contributed by atoms with van der Waals surface area (Å²) in [7, 11) is 1.37. The lowest BCUT2D eigenvalue weighted by Gasteiger charge is -2.27. The summed E-state index contributed by atoms with van der Waals surface area (Å²) in [6.45, 7) is 1.03. The summed E-state index contributed by atoms with van der Waals surface area (Å²) in [6.07, 6.45) is 3.07. The highest BCUT2D eigenvalue weighted by molar-refractivity contribution is 5.97. The molecule has 1 aromatic carbocycles. The van der Waals surface area contributed by atoms with Gasteiger partial charge in [0.2, 0.25) is 5.43 Å². The van der Waals surface area contributed by atoms with Crippen LogP contribution in [-0.2, 0) is 0 Å². The lowest BCUT2D eigenvalue weighted by Crippen LogP contribution is -2.44. The van der Waals surface area contributed by atoms with Crippen LogP contribution in [0.3, 0.4) is 0 Å². The number of rotatable bonds is 4. The Morgan fingerprint density at radius 1 is 1.43 bits per heavy atom. The Bertz CT molecular complexity index is 1130. The number of alkyl halides is 1. The van der Waals surface area contributed by atoms with Crippen LogP contribution in [0.4, 0.5) is 14.5 Å². The SMILES string of the molecule is COc1c(N2C[C@H]3CCC[C@@]3(N)C2)c(F)cc2c(=O)c(C(=O)O)cn([C@@H]3C[C@@H]3F)c12. The number of hydrogen-bond acceptors (Lipinski definition) is 5. The molecule has 0 amide bonds. The van der Waals surface area contributed by atoms with Crippen molar-refractivity contribution in [1.29, 1.82) is 0 Å². The molecule has 3 N–H and O–H groups in total. The van der Waals surface area contributed by atoms with Crippen molar-refractivity contribution in [3.8, 4) is 5.75 Å². The highest BCUT2D eigenvalue weighted by Crippen LogP contribution is 2.48. The third-order valence-electron chi connectivity index (χ3n) is 6.92. The number of hydrogen-bond donors (Lipinski definition) is 2. The first-order chi connectivity index (χ1) is 14.2. The molecule has 160 valence electrons. The summed E-state index contributed by atoms with van der Waals surface area (Å²) in [5.74, 6) is -1.76. The third-order valence-corrected chi connectivity index (χ3v) is 6.92. The number of ether oxygens (including phenoxy) is 1. The number of carbonyl (C=O) groups is 1. The molecule has 5 rings (SSSR count). The lowest BCUT2D eigenvalue weighted by atomic mass is 9.92. The Labute approximate surface area is 171 Å². The van der Waals surface area contributed by atoms with Gasteiger partial charge in [0.05, 0.1) is 24.1 Å². The molecule has 2 aromatic rings. The topological polar surface area (TPSA) is 97.8 Å². The fraction of sp³-hybridized carbons (Fsp3) is 0.524. The van der Waals surface area contributed by atoms with Gasteiger partial charge in [-0.1, -0.05) is 6.42 Å². The number of nitrogens with two attached hydrogens (primary N) is 1. The Morgan fingerprint density at radius 2 is 2.17 bits per heavy atom. The van der Waals surface area contributed by atoms with E-state index in [-0.39, 0.29) is 40.2 Å². The Hall–Kier alpha value is -2.68. The van der Waals surface area contributed by atoms with E-state index >= 15 is 4.39 Å². The van der Waals surface area contributed by atoms with Crippen molar-refractivity contribution in [1.82, 2.24) is 4.57 Å². The van der Waals surface area contributed by atoms with Gasteiger partial charge in [0.25, 0.3) is 0 Å². The maximum absolute atomic E-state index is 15.3. The summed E-state index contributed by atoms with van der Waals surface area (Å²) in [4.78, 5) is 26.2. The average Bonchev–Trinajstić information content (AvgIpc) is 3.16. The molecule has 30 heavy (non-hydrogen) atoms. The molecule has 3 fully saturated rings. The molecule has 7 nitrogen and oxygen atoms in total. The highest BCUT2D eigenvalue weighted by atomic mass is 19.1. The van der Waals surface area contributed by atoms with Gasteiger partial charge in [0, 0.05) is 31.2 Å². The summed E-state index contributed by atoms with van der Waals surface area (Å²) in [5, 5.41) is 9.28. The molecule has 3 aliphatic rings. The smallest absolute Gasteiger partial charge is 0.341 e. The van der Waals surface area contributed by atoms with Crippen molar-refractivity contribution in [3.63, 3.8) is 0 Å². The number of benzene rings is 1. The van der Waals surface area contributed by atoms with E-state index in [0.717, 1.165) is 31.5 Å². The zero-order valence-corrected chi connectivity index (χ0v) is 16.5. The van der Waals surface area contributed by atoms with Gasteiger partial charge in [0.15, 0.2) is 11.6 Å². The van der Waals surface area contributed by atoms with Crippen LogP contribution in [0.5, 0.6) is 5.75 Å². The van der Waals surface area contributed by atoms with E-state index in [4.69, 9.17) is 10.5 Å². The van der Waals surface area contributed by atoms with Gasteiger partial charge in [0.1, 0.15) is 17.4 Å². The van der Waals surface area contributed by atoms with Crippen molar-refractivity contribution in [2.45, 2.75) is 43.4 Å². The van der Waals surface area contributed by atoms with E-state index < -0.39 is 35.0 Å². The number of anilines is 1. The van der Waals surface area contributed by atoms with Crippen molar-refractivity contribution in [2.75, 3.05) is 25.1 Å². The summed E-state index contributed by atoms with van der Waals surface area (Å²) < 4.78 is 36.3. The summed E-state index contributed by atoms with van der Waals surface area (Å²) in [6, 6.07) is 0.433. The Morgan fingerprint density at radius 3 is 2.77 bits per heavy atom. The number of carboxylic acid groups (broad SMARTS) is 1. The highest BCUT2D eigenvalue weighted by Gasteiger charge is 2.48. The van der Waals surface area contributed by atoms with Gasteiger partial charge in [-0.25, -0.2) is 13.6 Å². The second-order valence-electron chi connectivity index (χ2n) is 8.74. The van der Waals surface area contributed by atoms with Gasteiger partial charge in [-0.3, -0.25) is 4.79 Å². The van der Waals surface area contributed by atoms with E-state index in [9.17, 15) is 19.1 Å². The number of fused-ring (bicyclic) bond motifs is 2. The number of halogens is 2. The molecule has 0 unspecified atom stereocenters. The van der Waals surface area contributed by atoms with Crippen LogP contribution >= 0.6 is 0 Å². The molecular weight excluding hydrogens is 396 g/mol. The number of carboxylic acids is 1. The van der Waals surface area contributed by atoms with Crippen LogP contribution in [0.1, 0.15) is 42.1 Å². The normalized spacial score (nSPS) is 30.0.